The van der Waals surface area contributed by atoms with Crippen molar-refractivity contribution in [1.82, 2.24) is 14.5 Å². The normalized spacial score (nSPS) is 16.9. The molecule has 0 bridgehead atoms. The van der Waals surface area contributed by atoms with Gasteiger partial charge in [0.1, 0.15) is 5.60 Å². The Morgan fingerprint density at radius 1 is 1.26 bits per heavy atom. The van der Waals surface area contributed by atoms with Crippen molar-refractivity contribution in [1.29, 1.82) is 5.26 Å². The minimum Gasteiger partial charge on any atom is -0.443 e. The van der Waals surface area contributed by atoms with E-state index in [0.717, 1.165) is 4.57 Å². The summed E-state index contributed by atoms with van der Waals surface area (Å²) in [6.45, 7) is 7.96. The lowest BCUT2D eigenvalue weighted by Gasteiger charge is -2.40. The molecule has 0 radical (unpaired) electrons. The van der Waals surface area contributed by atoms with Gasteiger partial charge in [-0.1, -0.05) is 30.3 Å². The molecule has 1 aliphatic rings. The summed E-state index contributed by atoms with van der Waals surface area (Å²) in [6.07, 6.45) is -0.829. The van der Waals surface area contributed by atoms with Gasteiger partial charge < -0.3 is 19.6 Å². The van der Waals surface area contributed by atoms with Crippen LogP contribution in [0.3, 0.4) is 0 Å². The fourth-order valence-corrected chi connectivity index (χ4v) is 3.74. The van der Waals surface area contributed by atoms with Gasteiger partial charge in [-0.15, -0.1) is 0 Å². The molecule has 3 rings (SSSR count). The number of hydrogen-bond acceptors (Lipinski definition) is 8. The predicted molar refractivity (Wildman–Crippen MR) is 110 cm³/mol. The van der Waals surface area contributed by atoms with E-state index in [-0.39, 0.29) is 11.5 Å². The zero-order chi connectivity index (χ0) is 22.8. The Balaban J connectivity index is 2.37. The number of hydrogen-bond donors (Lipinski definition) is 0. The Hall–Kier alpha value is -3.29. The van der Waals surface area contributed by atoms with Crippen LogP contribution >= 0.6 is 0 Å². The molecule has 31 heavy (non-hydrogen) atoms. The maximum Gasteiger partial charge on any atom is 0.422 e. The van der Waals surface area contributed by atoms with E-state index in [0.29, 0.717) is 31.9 Å². The second-order valence-electron chi connectivity index (χ2n) is 8.19. The molecule has 1 atom stereocenters. The summed E-state index contributed by atoms with van der Waals surface area (Å²) in [4.78, 5) is 30.3. The maximum absolute atomic E-state index is 13.1. The van der Waals surface area contributed by atoms with Crippen LogP contribution in [-0.2, 0) is 15.0 Å². The van der Waals surface area contributed by atoms with Crippen LogP contribution in [0.15, 0.2) is 30.3 Å². The molecule has 2 aromatic rings. The molecule has 0 N–H and O–H groups in total. The highest BCUT2D eigenvalue weighted by atomic mass is 16.6. The molecule has 0 amide bonds. The average molecular weight is 427 g/mol. The highest BCUT2D eigenvalue weighted by Crippen LogP contribution is 2.41. The Morgan fingerprint density at radius 3 is 2.39 bits per heavy atom. The molecule has 164 valence electrons. The molecule has 2 heterocycles. The third-order valence-electron chi connectivity index (χ3n) is 4.96. The van der Waals surface area contributed by atoms with Gasteiger partial charge in [-0.3, -0.25) is 4.90 Å². The van der Waals surface area contributed by atoms with Gasteiger partial charge in [0, 0.05) is 20.0 Å². The number of aryl methyl sites for hydroxylation is 1. The highest BCUT2D eigenvalue weighted by Gasteiger charge is 2.51. The largest absolute Gasteiger partial charge is 0.443 e. The minimum absolute atomic E-state index is 0.0692. The van der Waals surface area contributed by atoms with Gasteiger partial charge in [0.05, 0.1) is 19.3 Å². The molecular formula is C21H25N5O5. The summed E-state index contributed by atoms with van der Waals surface area (Å²) >= 11 is 0. The van der Waals surface area contributed by atoms with E-state index < -0.39 is 28.0 Å². The van der Waals surface area contributed by atoms with Crippen molar-refractivity contribution in [3.05, 3.63) is 57.5 Å². The van der Waals surface area contributed by atoms with Crippen LogP contribution in [-0.4, -0.2) is 57.4 Å². The number of imidazole rings is 1. The van der Waals surface area contributed by atoms with Crippen LogP contribution in [0.1, 0.15) is 37.9 Å². The Morgan fingerprint density at radius 2 is 1.87 bits per heavy atom. The van der Waals surface area contributed by atoms with E-state index >= 15 is 0 Å². The van der Waals surface area contributed by atoms with Crippen LogP contribution in [0.4, 0.5) is 10.6 Å². The van der Waals surface area contributed by atoms with Crippen LogP contribution < -0.4 is 0 Å². The van der Waals surface area contributed by atoms with Crippen molar-refractivity contribution in [3.8, 4) is 6.07 Å². The summed E-state index contributed by atoms with van der Waals surface area (Å²) in [5, 5.41) is 22.5. The number of ether oxygens (including phenoxy) is 2. The van der Waals surface area contributed by atoms with E-state index in [1.54, 1.807) is 56.0 Å². The maximum atomic E-state index is 13.1. The summed E-state index contributed by atoms with van der Waals surface area (Å²) < 4.78 is 12.0. The molecule has 1 saturated heterocycles. The SMILES string of the molecule is Cc1nc([N+](=O)[O-])c(C(C#N)(c2ccccc2)N2CCOCC2)n1C(=O)OC(C)(C)C. The summed E-state index contributed by atoms with van der Waals surface area (Å²) in [6, 6.07) is 11.0. The molecule has 1 unspecified atom stereocenters. The number of carbonyl (C=O) groups is 1. The molecule has 10 nitrogen and oxygen atoms in total. The predicted octanol–water partition coefficient (Wildman–Crippen LogP) is 2.98. The van der Waals surface area contributed by atoms with Crippen LogP contribution in [0.25, 0.3) is 0 Å². The zero-order valence-corrected chi connectivity index (χ0v) is 18.0. The number of nitrogens with zero attached hydrogens (tertiary/aromatic N) is 5. The van der Waals surface area contributed by atoms with Gasteiger partial charge in [-0.2, -0.15) is 5.26 Å². The second kappa shape index (κ2) is 8.45. The highest BCUT2D eigenvalue weighted by molar-refractivity contribution is 5.75. The number of morpholine rings is 1. The molecule has 1 aliphatic heterocycles. The summed E-state index contributed by atoms with van der Waals surface area (Å²) in [7, 11) is 0. The smallest absolute Gasteiger partial charge is 0.422 e. The quantitative estimate of drug-likeness (QED) is 0.539. The first-order valence-electron chi connectivity index (χ1n) is 9.89. The van der Waals surface area contributed by atoms with Crippen molar-refractivity contribution < 1.29 is 19.2 Å². The third kappa shape index (κ3) is 4.15. The Labute approximate surface area is 180 Å². The molecule has 1 fully saturated rings. The lowest BCUT2D eigenvalue weighted by molar-refractivity contribution is -0.390. The van der Waals surface area contributed by atoms with Gasteiger partial charge in [0.2, 0.25) is 5.82 Å². The monoisotopic (exact) mass is 427 g/mol. The minimum atomic E-state index is -1.65. The summed E-state index contributed by atoms with van der Waals surface area (Å²) in [5.41, 5.74) is -2.14. The van der Waals surface area contributed by atoms with Crippen LogP contribution in [0, 0.1) is 28.4 Å². The Kier molecular flexibility index (Phi) is 6.10. The van der Waals surface area contributed by atoms with Crippen molar-refractivity contribution in [3.63, 3.8) is 0 Å². The average Bonchev–Trinajstić information content (AvgIpc) is 3.07. The standard InChI is InChI=1S/C21H25N5O5/c1-15-23-18(26(28)29)17(25(15)19(27)31-20(2,3)4)21(14-22,16-8-6-5-7-9-16)24-10-12-30-13-11-24/h5-9H,10-13H2,1-4H3. The van der Waals surface area contributed by atoms with E-state index in [2.05, 4.69) is 11.1 Å². The number of rotatable bonds is 4. The van der Waals surface area contributed by atoms with Crippen molar-refractivity contribution in [2.24, 2.45) is 0 Å². The number of nitro groups is 1. The van der Waals surface area contributed by atoms with Crippen molar-refractivity contribution in [2.45, 2.75) is 38.8 Å². The fraction of sp³-hybridized carbons (Fsp3) is 0.476. The van der Waals surface area contributed by atoms with Crippen LogP contribution in [0.2, 0.25) is 0 Å². The van der Waals surface area contributed by atoms with Crippen LogP contribution in [0.5, 0.6) is 0 Å². The fourth-order valence-electron chi connectivity index (χ4n) is 3.74. The van der Waals surface area contributed by atoms with Gasteiger partial charge in [0.25, 0.3) is 0 Å². The third-order valence-corrected chi connectivity index (χ3v) is 4.96. The van der Waals surface area contributed by atoms with E-state index in [1.807, 2.05) is 0 Å². The molecule has 1 aromatic carbocycles. The number of benzene rings is 1. The number of aromatic nitrogens is 2. The second-order valence-corrected chi connectivity index (χ2v) is 8.19. The first kappa shape index (κ1) is 22.4. The lowest BCUT2D eigenvalue weighted by atomic mass is 9.85. The molecular weight excluding hydrogens is 402 g/mol. The van der Waals surface area contributed by atoms with E-state index in [1.165, 1.54) is 6.92 Å². The topological polar surface area (TPSA) is 124 Å². The lowest BCUT2D eigenvalue weighted by Crippen LogP contribution is -2.53. The van der Waals surface area contributed by atoms with Gasteiger partial charge >= 0.3 is 11.9 Å². The number of carbonyl (C=O) groups excluding carboxylic acids is 1. The van der Waals surface area contributed by atoms with E-state index in [9.17, 15) is 20.2 Å². The first-order valence-corrected chi connectivity index (χ1v) is 9.89. The summed E-state index contributed by atoms with van der Waals surface area (Å²) in [5.74, 6) is -0.486. The molecule has 0 aliphatic carbocycles. The van der Waals surface area contributed by atoms with Gasteiger partial charge in [0.15, 0.2) is 11.2 Å². The molecule has 0 saturated carbocycles. The Bertz CT molecular complexity index is 1020. The molecule has 10 heteroatoms. The molecule has 1 aromatic heterocycles. The zero-order valence-electron chi connectivity index (χ0n) is 18.0. The van der Waals surface area contributed by atoms with Crippen molar-refractivity contribution in [2.75, 3.05) is 26.3 Å². The van der Waals surface area contributed by atoms with Crippen molar-refractivity contribution >= 4 is 11.9 Å². The molecule has 0 spiro atoms. The van der Waals surface area contributed by atoms with E-state index in [4.69, 9.17) is 9.47 Å². The van der Waals surface area contributed by atoms with Gasteiger partial charge in [-0.05, 0) is 36.2 Å². The van der Waals surface area contributed by atoms with Gasteiger partial charge in [-0.25, -0.2) is 9.36 Å². The number of nitriles is 1. The first-order chi connectivity index (χ1) is 14.6.